The van der Waals surface area contributed by atoms with Gasteiger partial charge in [-0.1, -0.05) is 59.7 Å². The van der Waals surface area contributed by atoms with E-state index in [4.69, 9.17) is 9.47 Å². The van der Waals surface area contributed by atoms with Gasteiger partial charge in [-0.25, -0.2) is 0 Å². The van der Waals surface area contributed by atoms with Crippen LogP contribution in [0.5, 0.6) is 11.5 Å². The van der Waals surface area contributed by atoms with Crippen LogP contribution in [0.3, 0.4) is 0 Å². The molecule has 42 heavy (non-hydrogen) atoms. The van der Waals surface area contributed by atoms with Crippen LogP contribution in [-0.2, 0) is 49.2 Å². The standard InChI is InChI=1S/C34H50O8/c1-21-17-23(20-27(30(21)37)33(3,4)5)19-25(32(39)40)11-13-41-15-16-42-14-12-26-24(9-10-28(35)36)18-22(2)31(38)29(26)34(6,7)8/h17-18,20,25,37-38H,9-16,19H2,1-8H3,(H,35,36)(H,39,40). The van der Waals surface area contributed by atoms with Crippen molar-refractivity contribution in [1.82, 2.24) is 0 Å². The molecule has 2 rings (SSSR count). The molecule has 8 heteroatoms. The monoisotopic (exact) mass is 586 g/mol. The third kappa shape index (κ3) is 10.0. The third-order valence-electron chi connectivity index (χ3n) is 7.53. The minimum absolute atomic E-state index is 0.0108. The highest BCUT2D eigenvalue weighted by atomic mass is 16.5. The molecule has 0 saturated carbocycles. The summed E-state index contributed by atoms with van der Waals surface area (Å²) in [7, 11) is 0. The fourth-order valence-electron chi connectivity index (χ4n) is 5.34. The van der Waals surface area contributed by atoms with Crippen molar-refractivity contribution in [3.05, 3.63) is 57.1 Å². The summed E-state index contributed by atoms with van der Waals surface area (Å²) in [5.41, 5.74) is 5.21. The topological polar surface area (TPSA) is 134 Å². The zero-order chi connectivity index (χ0) is 31.8. The normalized spacial score (nSPS) is 12.9. The largest absolute Gasteiger partial charge is 0.507 e. The number of aryl methyl sites for hydroxylation is 3. The lowest BCUT2D eigenvalue weighted by atomic mass is 9.78. The molecule has 0 bridgehead atoms. The lowest BCUT2D eigenvalue weighted by molar-refractivity contribution is -0.142. The Bertz CT molecular complexity index is 1230. The van der Waals surface area contributed by atoms with Crippen LogP contribution in [0.25, 0.3) is 0 Å². The van der Waals surface area contributed by atoms with Gasteiger partial charge in [0.25, 0.3) is 0 Å². The van der Waals surface area contributed by atoms with E-state index in [2.05, 4.69) is 0 Å². The number of rotatable bonds is 15. The van der Waals surface area contributed by atoms with Crippen LogP contribution in [0, 0.1) is 19.8 Å². The Kier molecular flexibility index (Phi) is 12.4. The number of hydrogen-bond donors (Lipinski definition) is 4. The molecule has 0 radical (unpaired) electrons. The second-order valence-corrected chi connectivity index (χ2v) is 13.3. The number of hydrogen-bond acceptors (Lipinski definition) is 6. The van der Waals surface area contributed by atoms with E-state index in [1.807, 2.05) is 73.6 Å². The van der Waals surface area contributed by atoms with E-state index >= 15 is 0 Å². The molecule has 1 atom stereocenters. The second kappa shape index (κ2) is 14.9. The molecule has 0 aromatic heterocycles. The van der Waals surface area contributed by atoms with Gasteiger partial charge in [0, 0.05) is 18.6 Å². The molecule has 0 spiro atoms. The highest BCUT2D eigenvalue weighted by molar-refractivity contribution is 5.70. The molecule has 4 N–H and O–H groups in total. The summed E-state index contributed by atoms with van der Waals surface area (Å²) in [5, 5.41) is 40.3. The van der Waals surface area contributed by atoms with Crippen molar-refractivity contribution in [3.63, 3.8) is 0 Å². The lowest BCUT2D eigenvalue weighted by Gasteiger charge is -2.27. The van der Waals surface area contributed by atoms with Crippen molar-refractivity contribution in [2.24, 2.45) is 5.92 Å². The molecule has 0 aliphatic heterocycles. The molecule has 1 unspecified atom stereocenters. The minimum atomic E-state index is -0.882. The zero-order valence-electron chi connectivity index (χ0n) is 26.6. The first-order chi connectivity index (χ1) is 19.4. The maximum atomic E-state index is 12.0. The Morgan fingerprint density at radius 3 is 1.93 bits per heavy atom. The van der Waals surface area contributed by atoms with E-state index < -0.39 is 17.9 Å². The van der Waals surface area contributed by atoms with E-state index in [0.29, 0.717) is 45.5 Å². The van der Waals surface area contributed by atoms with Gasteiger partial charge in [0.05, 0.1) is 25.7 Å². The molecule has 8 nitrogen and oxygen atoms in total. The number of carboxylic acids is 2. The zero-order valence-corrected chi connectivity index (χ0v) is 26.6. The predicted octanol–water partition coefficient (Wildman–Crippen LogP) is 6.24. The van der Waals surface area contributed by atoms with E-state index in [9.17, 15) is 30.0 Å². The van der Waals surface area contributed by atoms with Crippen molar-refractivity contribution in [2.45, 2.75) is 98.3 Å². The number of benzene rings is 2. The van der Waals surface area contributed by atoms with Gasteiger partial charge in [-0.15, -0.1) is 0 Å². The first-order valence-corrected chi connectivity index (χ1v) is 14.7. The van der Waals surface area contributed by atoms with Gasteiger partial charge < -0.3 is 29.9 Å². The smallest absolute Gasteiger partial charge is 0.306 e. The summed E-state index contributed by atoms with van der Waals surface area (Å²) >= 11 is 0. The van der Waals surface area contributed by atoms with Crippen LogP contribution in [0.1, 0.15) is 93.3 Å². The number of aliphatic carboxylic acids is 2. The molecule has 0 amide bonds. The maximum absolute atomic E-state index is 12.0. The van der Waals surface area contributed by atoms with Crippen LogP contribution in [0.4, 0.5) is 0 Å². The summed E-state index contributed by atoms with van der Waals surface area (Å²) in [5.74, 6) is -1.86. The number of ether oxygens (including phenoxy) is 2. The van der Waals surface area contributed by atoms with Crippen molar-refractivity contribution in [1.29, 1.82) is 0 Å². The summed E-state index contributed by atoms with van der Waals surface area (Å²) in [6.45, 7) is 17.1. The predicted molar refractivity (Wildman–Crippen MR) is 164 cm³/mol. The van der Waals surface area contributed by atoms with Gasteiger partial charge in [0.2, 0.25) is 0 Å². The van der Waals surface area contributed by atoms with Gasteiger partial charge in [-0.3, -0.25) is 9.59 Å². The fraction of sp³-hybridized carbons (Fsp3) is 0.588. The Hall–Kier alpha value is -3.10. The van der Waals surface area contributed by atoms with E-state index in [0.717, 1.165) is 38.9 Å². The Labute approximate surface area is 250 Å². The quantitative estimate of drug-likeness (QED) is 0.180. The molecule has 234 valence electrons. The summed E-state index contributed by atoms with van der Waals surface area (Å²) in [4.78, 5) is 23.2. The van der Waals surface area contributed by atoms with Crippen LogP contribution in [-0.4, -0.2) is 58.8 Å². The van der Waals surface area contributed by atoms with Gasteiger partial charge in [-0.2, -0.15) is 0 Å². The van der Waals surface area contributed by atoms with Crippen LogP contribution in [0.2, 0.25) is 0 Å². The molecule has 0 fully saturated rings. The van der Waals surface area contributed by atoms with Crippen LogP contribution in [0.15, 0.2) is 18.2 Å². The minimum Gasteiger partial charge on any atom is -0.507 e. The number of phenols is 2. The van der Waals surface area contributed by atoms with Gasteiger partial charge in [0.1, 0.15) is 11.5 Å². The average molecular weight is 587 g/mol. The molecule has 2 aromatic carbocycles. The number of phenolic OH excluding ortho intramolecular Hbond substituents is 2. The van der Waals surface area contributed by atoms with Gasteiger partial charge in [0.15, 0.2) is 0 Å². The number of carboxylic acid groups (broad SMARTS) is 2. The molecule has 0 aliphatic rings. The average Bonchev–Trinajstić information content (AvgIpc) is 2.86. The van der Waals surface area contributed by atoms with Crippen LogP contribution < -0.4 is 0 Å². The number of aromatic hydroxyl groups is 2. The highest BCUT2D eigenvalue weighted by Crippen LogP contribution is 2.39. The van der Waals surface area contributed by atoms with Crippen molar-refractivity contribution >= 4 is 11.9 Å². The third-order valence-corrected chi connectivity index (χ3v) is 7.53. The summed E-state index contributed by atoms with van der Waals surface area (Å²) in [6, 6.07) is 5.62. The molecular formula is C34H50O8. The Morgan fingerprint density at radius 1 is 0.786 bits per heavy atom. The highest BCUT2D eigenvalue weighted by Gasteiger charge is 2.26. The SMILES string of the molecule is Cc1cc(CC(CCOCCOCCc2c(CCC(=O)O)cc(C)c(O)c2C(C)(C)C)C(=O)O)cc(C(C)(C)C)c1O. The van der Waals surface area contributed by atoms with Crippen LogP contribution >= 0.6 is 0 Å². The van der Waals surface area contributed by atoms with E-state index in [-0.39, 0.29) is 35.4 Å². The molecule has 0 heterocycles. The van der Waals surface area contributed by atoms with E-state index in [1.165, 1.54) is 0 Å². The van der Waals surface area contributed by atoms with Crippen molar-refractivity contribution in [2.75, 3.05) is 26.4 Å². The maximum Gasteiger partial charge on any atom is 0.306 e. The summed E-state index contributed by atoms with van der Waals surface area (Å²) < 4.78 is 11.5. The molecule has 0 aliphatic carbocycles. The first-order valence-electron chi connectivity index (χ1n) is 14.7. The molecule has 0 saturated heterocycles. The summed E-state index contributed by atoms with van der Waals surface area (Å²) in [6.07, 6.45) is 1.62. The Morgan fingerprint density at radius 2 is 1.38 bits per heavy atom. The van der Waals surface area contributed by atoms with E-state index in [1.54, 1.807) is 0 Å². The number of carbonyl (C=O) groups is 2. The van der Waals surface area contributed by atoms with Gasteiger partial charge >= 0.3 is 11.9 Å². The Balaban J connectivity index is 1.92. The molecular weight excluding hydrogens is 536 g/mol. The fourth-order valence-corrected chi connectivity index (χ4v) is 5.34. The van der Waals surface area contributed by atoms with Gasteiger partial charge in [-0.05, 0) is 83.7 Å². The first kappa shape index (κ1) is 35.1. The molecule has 2 aromatic rings. The van der Waals surface area contributed by atoms with Crippen molar-refractivity contribution < 1.29 is 39.5 Å². The van der Waals surface area contributed by atoms with Crippen molar-refractivity contribution in [3.8, 4) is 11.5 Å². The second-order valence-electron chi connectivity index (χ2n) is 13.3. The lowest BCUT2D eigenvalue weighted by Crippen LogP contribution is -2.20.